The van der Waals surface area contributed by atoms with Crippen LogP contribution in [0.3, 0.4) is 0 Å². The SMILES string of the molecule is Cc1ccc(/C=C(\NC(=O)c2ccccc2)C(=O)Nc2ccc(SCC(=O)Nc3nc(-c4cccs4)cs3)cc2)cc1. The van der Waals surface area contributed by atoms with Gasteiger partial charge < -0.3 is 16.0 Å². The highest BCUT2D eigenvalue weighted by molar-refractivity contribution is 8.00. The van der Waals surface area contributed by atoms with E-state index in [0.717, 1.165) is 26.6 Å². The van der Waals surface area contributed by atoms with Gasteiger partial charge >= 0.3 is 0 Å². The molecule has 5 rings (SSSR count). The normalized spacial score (nSPS) is 11.1. The number of thiazole rings is 1. The van der Waals surface area contributed by atoms with Gasteiger partial charge in [-0.1, -0.05) is 54.1 Å². The van der Waals surface area contributed by atoms with E-state index in [9.17, 15) is 14.4 Å². The Balaban J connectivity index is 1.19. The molecule has 42 heavy (non-hydrogen) atoms. The summed E-state index contributed by atoms with van der Waals surface area (Å²) < 4.78 is 0. The Morgan fingerprint density at radius 1 is 0.857 bits per heavy atom. The average Bonchev–Trinajstić information content (AvgIpc) is 3.71. The molecule has 3 N–H and O–H groups in total. The molecule has 0 unspecified atom stereocenters. The van der Waals surface area contributed by atoms with Gasteiger partial charge in [-0.15, -0.1) is 34.4 Å². The third-order valence-electron chi connectivity index (χ3n) is 5.92. The van der Waals surface area contributed by atoms with Crippen LogP contribution in [-0.2, 0) is 9.59 Å². The van der Waals surface area contributed by atoms with Crippen LogP contribution in [0.15, 0.2) is 112 Å². The summed E-state index contributed by atoms with van der Waals surface area (Å²) in [5.41, 5.74) is 3.85. The number of hydrogen-bond acceptors (Lipinski definition) is 7. The fourth-order valence-corrected chi connectivity index (χ4v) is 5.96. The monoisotopic (exact) mass is 610 g/mol. The van der Waals surface area contributed by atoms with E-state index < -0.39 is 5.91 Å². The molecule has 210 valence electrons. The molecule has 7 nitrogen and oxygen atoms in total. The Bertz CT molecular complexity index is 1700. The van der Waals surface area contributed by atoms with Crippen LogP contribution in [0.5, 0.6) is 0 Å². The number of thioether (sulfide) groups is 1. The predicted octanol–water partition coefficient (Wildman–Crippen LogP) is 7.32. The largest absolute Gasteiger partial charge is 0.321 e. The number of benzene rings is 3. The lowest BCUT2D eigenvalue weighted by Crippen LogP contribution is -2.30. The molecular formula is C32H26N4O3S3. The molecule has 0 atom stereocenters. The van der Waals surface area contributed by atoms with E-state index in [1.807, 2.05) is 72.3 Å². The average molecular weight is 611 g/mol. The number of nitrogens with zero attached hydrogens (tertiary/aromatic N) is 1. The minimum absolute atomic E-state index is 0.118. The number of nitrogens with one attached hydrogen (secondary N) is 3. The van der Waals surface area contributed by atoms with Crippen LogP contribution in [0, 0.1) is 6.92 Å². The first kappa shape index (κ1) is 29.0. The maximum atomic E-state index is 13.2. The molecule has 0 aliphatic rings. The molecule has 0 saturated heterocycles. The third-order valence-corrected chi connectivity index (χ3v) is 8.59. The first-order chi connectivity index (χ1) is 20.4. The molecule has 3 aromatic carbocycles. The maximum Gasteiger partial charge on any atom is 0.272 e. The van der Waals surface area contributed by atoms with E-state index in [1.54, 1.807) is 53.8 Å². The second-order valence-electron chi connectivity index (χ2n) is 9.12. The lowest BCUT2D eigenvalue weighted by Gasteiger charge is -2.12. The molecule has 0 saturated carbocycles. The first-order valence-electron chi connectivity index (χ1n) is 12.9. The van der Waals surface area contributed by atoms with Crippen LogP contribution in [-0.4, -0.2) is 28.5 Å². The van der Waals surface area contributed by atoms with Crippen molar-refractivity contribution in [3.05, 3.63) is 124 Å². The van der Waals surface area contributed by atoms with Crippen molar-refractivity contribution in [3.8, 4) is 10.6 Å². The Morgan fingerprint density at radius 2 is 1.62 bits per heavy atom. The molecule has 2 heterocycles. The highest BCUT2D eigenvalue weighted by atomic mass is 32.2. The number of aromatic nitrogens is 1. The van der Waals surface area contributed by atoms with Gasteiger partial charge in [-0.05, 0) is 66.4 Å². The highest BCUT2D eigenvalue weighted by Gasteiger charge is 2.15. The number of hydrogen-bond donors (Lipinski definition) is 3. The second-order valence-corrected chi connectivity index (χ2v) is 12.0. The topological polar surface area (TPSA) is 100 Å². The summed E-state index contributed by atoms with van der Waals surface area (Å²) in [7, 11) is 0. The van der Waals surface area contributed by atoms with Crippen LogP contribution in [0.2, 0.25) is 0 Å². The van der Waals surface area contributed by atoms with Crippen molar-refractivity contribution in [1.29, 1.82) is 0 Å². The summed E-state index contributed by atoms with van der Waals surface area (Å²) in [6, 6.07) is 27.5. The summed E-state index contributed by atoms with van der Waals surface area (Å²) in [6.07, 6.45) is 1.64. The number of thiophene rings is 1. The van der Waals surface area contributed by atoms with E-state index >= 15 is 0 Å². The molecule has 0 fully saturated rings. The van der Waals surface area contributed by atoms with Crippen molar-refractivity contribution >= 4 is 69.1 Å². The van der Waals surface area contributed by atoms with Gasteiger partial charge in [0.2, 0.25) is 5.91 Å². The molecular weight excluding hydrogens is 585 g/mol. The molecule has 2 aromatic heterocycles. The van der Waals surface area contributed by atoms with Crippen LogP contribution < -0.4 is 16.0 Å². The van der Waals surface area contributed by atoms with E-state index in [-0.39, 0.29) is 23.3 Å². The van der Waals surface area contributed by atoms with Crippen molar-refractivity contribution in [2.45, 2.75) is 11.8 Å². The summed E-state index contributed by atoms with van der Waals surface area (Å²) in [5, 5.41) is 12.9. The number of carbonyl (C=O) groups excluding carboxylic acids is 3. The van der Waals surface area contributed by atoms with Gasteiger partial charge in [0.15, 0.2) is 5.13 Å². The fraction of sp³-hybridized carbons (Fsp3) is 0.0625. The number of anilines is 2. The number of aryl methyl sites for hydroxylation is 1. The van der Waals surface area contributed by atoms with Gasteiger partial charge in [0.1, 0.15) is 5.70 Å². The summed E-state index contributed by atoms with van der Waals surface area (Å²) >= 11 is 4.38. The quantitative estimate of drug-likeness (QED) is 0.114. The molecule has 0 aliphatic carbocycles. The smallest absolute Gasteiger partial charge is 0.272 e. The summed E-state index contributed by atoms with van der Waals surface area (Å²) in [5.74, 6) is -0.765. The van der Waals surface area contributed by atoms with E-state index in [1.165, 1.54) is 23.1 Å². The Morgan fingerprint density at radius 3 is 2.33 bits per heavy atom. The first-order valence-corrected chi connectivity index (χ1v) is 15.7. The maximum absolute atomic E-state index is 13.2. The lowest BCUT2D eigenvalue weighted by molar-refractivity contribution is -0.114. The third kappa shape index (κ3) is 8.03. The number of amides is 3. The standard InChI is InChI=1S/C32H26N4O3S3/c1-21-9-11-22(12-10-21)18-26(34-30(38)23-6-3-2-4-7-23)31(39)33-24-13-15-25(16-14-24)41-20-29(37)36-32-35-27(19-42-32)28-8-5-17-40-28/h2-19H,20H2,1H3,(H,33,39)(H,34,38)(H,35,36,37)/b26-18-. The van der Waals surface area contributed by atoms with Crippen LogP contribution in [0.1, 0.15) is 21.5 Å². The van der Waals surface area contributed by atoms with E-state index in [0.29, 0.717) is 16.4 Å². The van der Waals surface area contributed by atoms with Crippen molar-refractivity contribution in [3.63, 3.8) is 0 Å². The summed E-state index contributed by atoms with van der Waals surface area (Å²) in [4.78, 5) is 45.0. The molecule has 0 bridgehead atoms. The Labute approximate surface area is 255 Å². The van der Waals surface area contributed by atoms with E-state index in [2.05, 4.69) is 20.9 Å². The Hall–Kier alpha value is -4.51. The summed E-state index contributed by atoms with van der Waals surface area (Å²) in [6.45, 7) is 1.98. The molecule has 10 heteroatoms. The zero-order chi connectivity index (χ0) is 29.3. The van der Waals surface area contributed by atoms with Gasteiger partial charge in [-0.3, -0.25) is 14.4 Å². The molecule has 5 aromatic rings. The van der Waals surface area contributed by atoms with Crippen LogP contribution >= 0.6 is 34.4 Å². The van der Waals surface area contributed by atoms with Gasteiger partial charge in [-0.25, -0.2) is 4.98 Å². The minimum Gasteiger partial charge on any atom is -0.321 e. The van der Waals surface area contributed by atoms with Crippen LogP contribution in [0.25, 0.3) is 16.6 Å². The van der Waals surface area contributed by atoms with Gasteiger partial charge in [0.05, 0.1) is 16.3 Å². The molecule has 0 aliphatic heterocycles. The zero-order valence-electron chi connectivity index (χ0n) is 22.5. The predicted molar refractivity (Wildman–Crippen MR) is 173 cm³/mol. The van der Waals surface area contributed by atoms with Crippen molar-refractivity contribution < 1.29 is 14.4 Å². The molecule has 0 spiro atoms. The van der Waals surface area contributed by atoms with Crippen molar-refractivity contribution in [1.82, 2.24) is 10.3 Å². The fourth-order valence-electron chi connectivity index (χ4n) is 3.78. The van der Waals surface area contributed by atoms with Crippen molar-refractivity contribution in [2.24, 2.45) is 0 Å². The van der Waals surface area contributed by atoms with Crippen LogP contribution in [0.4, 0.5) is 10.8 Å². The molecule has 0 radical (unpaired) electrons. The lowest BCUT2D eigenvalue weighted by atomic mass is 10.1. The number of rotatable bonds is 10. The van der Waals surface area contributed by atoms with Gasteiger partial charge in [0.25, 0.3) is 11.8 Å². The zero-order valence-corrected chi connectivity index (χ0v) is 24.9. The number of carbonyl (C=O) groups is 3. The van der Waals surface area contributed by atoms with E-state index in [4.69, 9.17) is 0 Å². The second kappa shape index (κ2) is 13.9. The highest BCUT2D eigenvalue weighted by Crippen LogP contribution is 2.28. The van der Waals surface area contributed by atoms with Gasteiger partial charge in [0, 0.05) is 21.5 Å². The van der Waals surface area contributed by atoms with Gasteiger partial charge in [-0.2, -0.15) is 0 Å². The molecule has 3 amide bonds. The minimum atomic E-state index is -0.454. The van der Waals surface area contributed by atoms with Crippen molar-refractivity contribution in [2.75, 3.05) is 16.4 Å². The Kier molecular flexibility index (Phi) is 9.60.